The number of carbonyl (C=O) groups is 3. The van der Waals surface area contributed by atoms with Crippen molar-refractivity contribution in [3.63, 3.8) is 0 Å². The first-order chi connectivity index (χ1) is 13.6. The number of urea groups is 1. The van der Waals surface area contributed by atoms with Crippen molar-refractivity contribution in [3.8, 4) is 0 Å². The molecule has 0 saturated carbocycles. The molecule has 7 heteroatoms. The molecule has 3 rings (SSSR count). The van der Waals surface area contributed by atoms with Gasteiger partial charge in [-0.3, -0.25) is 14.5 Å². The molecule has 2 aromatic carbocycles. The summed E-state index contributed by atoms with van der Waals surface area (Å²) in [6, 6.07) is 14.2. The highest BCUT2D eigenvalue weighted by Crippen LogP contribution is 2.18. The van der Waals surface area contributed by atoms with Crippen LogP contribution in [0.4, 0.5) is 16.2 Å². The molecule has 7 nitrogen and oxygen atoms in total. The SMILES string of the molecule is CCCC(=O)Nc1ccc(CNC(=O)c2cccc(N3CCNC3=O)c2)cc1. The molecule has 0 atom stereocenters. The Morgan fingerprint density at radius 2 is 1.93 bits per heavy atom. The lowest BCUT2D eigenvalue weighted by molar-refractivity contribution is -0.116. The summed E-state index contributed by atoms with van der Waals surface area (Å²) in [7, 11) is 0. The predicted molar refractivity (Wildman–Crippen MR) is 108 cm³/mol. The lowest BCUT2D eigenvalue weighted by Gasteiger charge is -2.15. The van der Waals surface area contributed by atoms with Crippen molar-refractivity contribution < 1.29 is 14.4 Å². The van der Waals surface area contributed by atoms with Gasteiger partial charge < -0.3 is 16.0 Å². The quantitative estimate of drug-likeness (QED) is 0.690. The summed E-state index contributed by atoms with van der Waals surface area (Å²) in [5.41, 5.74) is 2.87. The Morgan fingerprint density at radius 1 is 1.14 bits per heavy atom. The van der Waals surface area contributed by atoms with Crippen molar-refractivity contribution in [2.24, 2.45) is 0 Å². The predicted octanol–water partition coefficient (Wildman–Crippen LogP) is 2.88. The van der Waals surface area contributed by atoms with E-state index in [1.807, 2.05) is 37.3 Å². The third-order valence-electron chi connectivity index (χ3n) is 4.44. The highest BCUT2D eigenvalue weighted by Gasteiger charge is 2.21. The van der Waals surface area contributed by atoms with Crippen LogP contribution in [0.3, 0.4) is 0 Å². The molecule has 1 aliphatic rings. The normalized spacial score (nSPS) is 13.2. The summed E-state index contributed by atoms with van der Waals surface area (Å²) in [5, 5.41) is 8.46. The van der Waals surface area contributed by atoms with E-state index in [1.54, 1.807) is 23.1 Å². The van der Waals surface area contributed by atoms with Crippen LogP contribution in [0.5, 0.6) is 0 Å². The third kappa shape index (κ3) is 4.88. The van der Waals surface area contributed by atoms with Gasteiger partial charge in [-0.2, -0.15) is 0 Å². The van der Waals surface area contributed by atoms with Gasteiger partial charge in [0.1, 0.15) is 0 Å². The van der Waals surface area contributed by atoms with Crippen LogP contribution in [0.1, 0.15) is 35.7 Å². The van der Waals surface area contributed by atoms with Crippen LogP contribution in [-0.2, 0) is 11.3 Å². The highest BCUT2D eigenvalue weighted by molar-refractivity contribution is 5.98. The Bertz CT molecular complexity index is 864. The number of benzene rings is 2. The van der Waals surface area contributed by atoms with E-state index in [-0.39, 0.29) is 17.8 Å². The number of nitrogens with zero attached hydrogens (tertiary/aromatic N) is 1. The lowest BCUT2D eigenvalue weighted by Crippen LogP contribution is -2.28. The first kappa shape index (κ1) is 19.4. The van der Waals surface area contributed by atoms with Crippen molar-refractivity contribution in [2.45, 2.75) is 26.3 Å². The number of nitrogens with one attached hydrogen (secondary N) is 3. The first-order valence-corrected chi connectivity index (χ1v) is 9.39. The number of hydrogen-bond acceptors (Lipinski definition) is 3. The molecule has 146 valence electrons. The van der Waals surface area contributed by atoms with Crippen molar-refractivity contribution in [2.75, 3.05) is 23.3 Å². The fourth-order valence-corrected chi connectivity index (χ4v) is 2.97. The summed E-state index contributed by atoms with van der Waals surface area (Å²) in [6.45, 7) is 3.52. The fraction of sp³-hybridized carbons (Fsp3) is 0.286. The van der Waals surface area contributed by atoms with Crippen LogP contribution in [0.2, 0.25) is 0 Å². The zero-order chi connectivity index (χ0) is 19.9. The minimum atomic E-state index is -0.207. The zero-order valence-corrected chi connectivity index (χ0v) is 15.8. The van der Waals surface area contributed by atoms with E-state index in [1.165, 1.54) is 0 Å². The van der Waals surface area contributed by atoms with E-state index in [9.17, 15) is 14.4 Å². The molecule has 0 spiro atoms. The first-order valence-electron chi connectivity index (χ1n) is 9.39. The van der Waals surface area contributed by atoms with E-state index in [0.29, 0.717) is 37.3 Å². The van der Waals surface area contributed by atoms with Crippen LogP contribution >= 0.6 is 0 Å². The lowest BCUT2D eigenvalue weighted by atomic mass is 10.1. The van der Waals surface area contributed by atoms with Crippen LogP contribution in [0.25, 0.3) is 0 Å². The van der Waals surface area contributed by atoms with Gasteiger partial charge in [-0.05, 0) is 42.3 Å². The summed E-state index contributed by atoms with van der Waals surface area (Å²) >= 11 is 0. The Morgan fingerprint density at radius 3 is 2.61 bits per heavy atom. The molecule has 1 aliphatic heterocycles. The van der Waals surface area contributed by atoms with Crippen LogP contribution < -0.4 is 20.9 Å². The molecular weight excluding hydrogens is 356 g/mol. The van der Waals surface area contributed by atoms with E-state index in [0.717, 1.165) is 17.7 Å². The van der Waals surface area contributed by atoms with Gasteiger partial charge in [0.25, 0.3) is 5.91 Å². The molecular formula is C21H24N4O3. The van der Waals surface area contributed by atoms with E-state index < -0.39 is 0 Å². The van der Waals surface area contributed by atoms with Crippen LogP contribution in [0, 0.1) is 0 Å². The third-order valence-corrected chi connectivity index (χ3v) is 4.44. The molecule has 0 aliphatic carbocycles. The Balaban J connectivity index is 1.57. The second-order valence-corrected chi connectivity index (χ2v) is 6.61. The monoisotopic (exact) mass is 380 g/mol. The summed E-state index contributed by atoms with van der Waals surface area (Å²) in [6.07, 6.45) is 1.30. The van der Waals surface area contributed by atoms with Crippen molar-refractivity contribution in [1.82, 2.24) is 10.6 Å². The van der Waals surface area contributed by atoms with Crippen molar-refractivity contribution in [1.29, 1.82) is 0 Å². The van der Waals surface area contributed by atoms with Crippen LogP contribution in [0.15, 0.2) is 48.5 Å². The van der Waals surface area contributed by atoms with Gasteiger partial charge in [-0.1, -0.05) is 25.1 Å². The van der Waals surface area contributed by atoms with E-state index >= 15 is 0 Å². The standard InChI is InChI=1S/C21H24N4O3/c1-2-4-19(26)24-17-9-7-15(8-10-17)14-23-20(27)16-5-3-6-18(13-16)25-12-11-22-21(25)28/h3,5-10,13H,2,4,11-12,14H2,1H3,(H,22,28)(H,23,27)(H,24,26). The molecule has 1 fully saturated rings. The Labute approximate surface area is 164 Å². The number of rotatable bonds is 7. The second kappa shape index (κ2) is 9.03. The second-order valence-electron chi connectivity index (χ2n) is 6.61. The van der Waals surface area contributed by atoms with Crippen LogP contribution in [-0.4, -0.2) is 30.9 Å². The summed E-state index contributed by atoms with van der Waals surface area (Å²) < 4.78 is 0. The van der Waals surface area contributed by atoms with Gasteiger partial charge in [-0.15, -0.1) is 0 Å². The van der Waals surface area contributed by atoms with Crippen molar-refractivity contribution in [3.05, 3.63) is 59.7 Å². The van der Waals surface area contributed by atoms with Gasteiger partial charge >= 0.3 is 6.03 Å². The maximum atomic E-state index is 12.5. The fourth-order valence-electron chi connectivity index (χ4n) is 2.97. The van der Waals surface area contributed by atoms with E-state index in [2.05, 4.69) is 16.0 Å². The molecule has 4 amide bonds. The Kier molecular flexibility index (Phi) is 6.26. The zero-order valence-electron chi connectivity index (χ0n) is 15.8. The largest absolute Gasteiger partial charge is 0.348 e. The maximum Gasteiger partial charge on any atom is 0.321 e. The Hall–Kier alpha value is -3.35. The average Bonchev–Trinajstić information content (AvgIpc) is 3.13. The molecule has 0 unspecified atom stereocenters. The molecule has 2 aromatic rings. The molecule has 0 radical (unpaired) electrons. The van der Waals surface area contributed by atoms with E-state index in [4.69, 9.17) is 0 Å². The molecule has 3 N–H and O–H groups in total. The minimum Gasteiger partial charge on any atom is -0.348 e. The molecule has 28 heavy (non-hydrogen) atoms. The van der Waals surface area contributed by atoms with Gasteiger partial charge in [-0.25, -0.2) is 4.79 Å². The number of amides is 4. The van der Waals surface area contributed by atoms with Gasteiger partial charge in [0.15, 0.2) is 0 Å². The molecule has 0 bridgehead atoms. The molecule has 0 aromatic heterocycles. The number of hydrogen-bond donors (Lipinski definition) is 3. The topological polar surface area (TPSA) is 90.5 Å². The molecule has 1 saturated heterocycles. The minimum absolute atomic E-state index is 0.00452. The maximum absolute atomic E-state index is 12.5. The smallest absolute Gasteiger partial charge is 0.321 e. The summed E-state index contributed by atoms with van der Waals surface area (Å²) in [5.74, 6) is -0.211. The number of anilines is 2. The molecule has 1 heterocycles. The van der Waals surface area contributed by atoms with Gasteiger partial charge in [0.05, 0.1) is 0 Å². The average molecular weight is 380 g/mol. The number of carbonyl (C=O) groups excluding carboxylic acids is 3. The van der Waals surface area contributed by atoms with Gasteiger partial charge in [0, 0.05) is 43.0 Å². The summed E-state index contributed by atoms with van der Waals surface area (Å²) in [4.78, 5) is 37.5. The van der Waals surface area contributed by atoms with Crippen molar-refractivity contribution >= 4 is 29.2 Å². The van der Waals surface area contributed by atoms with Gasteiger partial charge in [0.2, 0.25) is 5.91 Å². The highest BCUT2D eigenvalue weighted by atomic mass is 16.2.